The smallest absolute Gasteiger partial charge is 0.134 e. The van der Waals surface area contributed by atoms with Crippen molar-refractivity contribution in [2.45, 2.75) is 0 Å². The first-order chi connectivity index (χ1) is 6.45. The van der Waals surface area contributed by atoms with E-state index in [1.807, 2.05) is 18.2 Å². The topological polar surface area (TPSA) is 13.1 Å². The highest BCUT2D eigenvalue weighted by atomic mass is 16.3. The summed E-state index contributed by atoms with van der Waals surface area (Å²) in [6.07, 6.45) is 1.73. The molecule has 1 aromatic heterocycles. The molecular formula is C12H8O. The minimum Gasteiger partial charge on any atom is -0.464 e. The van der Waals surface area contributed by atoms with Crippen molar-refractivity contribution in [3.05, 3.63) is 48.7 Å². The standard InChI is InChI=1S/C12H8O/c1-2-4-10-9(3-1)5-6-12-11(10)7-8-13-12/h1-8H. The highest BCUT2D eigenvalue weighted by Crippen LogP contribution is 2.25. The Balaban J connectivity index is 2.65. The van der Waals surface area contributed by atoms with E-state index >= 15 is 0 Å². The quantitative estimate of drug-likeness (QED) is 0.500. The Hall–Kier alpha value is -1.76. The molecule has 0 amide bonds. The maximum Gasteiger partial charge on any atom is 0.134 e. The second-order valence-electron chi connectivity index (χ2n) is 3.12. The molecule has 62 valence electrons. The summed E-state index contributed by atoms with van der Waals surface area (Å²) in [6.45, 7) is 0. The van der Waals surface area contributed by atoms with Crippen molar-refractivity contribution in [3.63, 3.8) is 0 Å². The van der Waals surface area contributed by atoms with E-state index in [1.165, 1.54) is 16.2 Å². The van der Waals surface area contributed by atoms with Crippen LogP contribution in [0.2, 0.25) is 0 Å². The number of hydrogen-bond donors (Lipinski definition) is 0. The lowest BCUT2D eigenvalue weighted by Crippen LogP contribution is -1.71. The number of fused-ring (bicyclic) bond motifs is 3. The summed E-state index contributed by atoms with van der Waals surface area (Å²) >= 11 is 0. The minimum absolute atomic E-state index is 0.957. The molecule has 2 aromatic carbocycles. The molecule has 0 bridgehead atoms. The van der Waals surface area contributed by atoms with Gasteiger partial charge in [0.05, 0.1) is 6.26 Å². The fraction of sp³-hybridized carbons (Fsp3) is 0. The molecule has 0 radical (unpaired) electrons. The van der Waals surface area contributed by atoms with Gasteiger partial charge in [-0.1, -0.05) is 30.3 Å². The summed E-state index contributed by atoms with van der Waals surface area (Å²) in [7, 11) is 0. The molecule has 1 nitrogen and oxygen atoms in total. The van der Waals surface area contributed by atoms with Crippen molar-refractivity contribution in [1.82, 2.24) is 0 Å². The van der Waals surface area contributed by atoms with E-state index in [9.17, 15) is 0 Å². The average Bonchev–Trinajstić information content (AvgIpc) is 2.65. The average molecular weight is 168 g/mol. The zero-order chi connectivity index (χ0) is 8.67. The molecule has 13 heavy (non-hydrogen) atoms. The third-order valence-corrected chi connectivity index (χ3v) is 2.36. The number of rotatable bonds is 0. The lowest BCUT2D eigenvalue weighted by atomic mass is 10.1. The van der Waals surface area contributed by atoms with E-state index in [1.54, 1.807) is 6.26 Å². The van der Waals surface area contributed by atoms with Crippen LogP contribution in [-0.4, -0.2) is 0 Å². The second kappa shape index (κ2) is 2.36. The van der Waals surface area contributed by atoms with Crippen LogP contribution in [0.3, 0.4) is 0 Å². The fourth-order valence-electron chi connectivity index (χ4n) is 1.73. The third kappa shape index (κ3) is 0.872. The molecule has 1 heteroatoms. The summed E-state index contributed by atoms with van der Waals surface area (Å²) in [4.78, 5) is 0. The fourth-order valence-corrected chi connectivity index (χ4v) is 1.73. The SMILES string of the molecule is c1ccc2c(c1)ccc1occc12. The highest BCUT2D eigenvalue weighted by Gasteiger charge is 2.00. The van der Waals surface area contributed by atoms with Crippen LogP contribution in [0.15, 0.2) is 53.1 Å². The van der Waals surface area contributed by atoms with Crippen molar-refractivity contribution in [2.75, 3.05) is 0 Å². The van der Waals surface area contributed by atoms with Crippen molar-refractivity contribution >= 4 is 21.7 Å². The van der Waals surface area contributed by atoms with Gasteiger partial charge in [0.25, 0.3) is 0 Å². The first-order valence-electron chi connectivity index (χ1n) is 4.30. The summed E-state index contributed by atoms with van der Waals surface area (Å²) < 4.78 is 5.33. The van der Waals surface area contributed by atoms with E-state index in [0.29, 0.717) is 0 Å². The summed E-state index contributed by atoms with van der Waals surface area (Å²) in [5.41, 5.74) is 0.957. The molecule has 0 saturated heterocycles. The van der Waals surface area contributed by atoms with Crippen molar-refractivity contribution < 1.29 is 4.42 Å². The zero-order valence-corrected chi connectivity index (χ0v) is 7.03. The summed E-state index contributed by atoms with van der Waals surface area (Å²) in [6, 6.07) is 14.4. The summed E-state index contributed by atoms with van der Waals surface area (Å²) in [5, 5.41) is 3.71. The zero-order valence-electron chi connectivity index (χ0n) is 7.03. The molecule has 0 N–H and O–H groups in total. The Kier molecular flexibility index (Phi) is 1.22. The molecule has 0 aliphatic heterocycles. The van der Waals surface area contributed by atoms with Gasteiger partial charge in [0.2, 0.25) is 0 Å². The first-order valence-corrected chi connectivity index (χ1v) is 4.30. The molecule has 0 aliphatic rings. The van der Waals surface area contributed by atoms with Gasteiger partial charge in [0.1, 0.15) is 5.58 Å². The maximum absolute atomic E-state index is 5.33. The van der Waals surface area contributed by atoms with Crippen LogP contribution in [0.1, 0.15) is 0 Å². The first kappa shape index (κ1) is 6.72. The van der Waals surface area contributed by atoms with E-state index < -0.39 is 0 Å². The maximum atomic E-state index is 5.33. The van der Waals surface area contributed by atoms with E-state index in [-0.39, 0.29) is 0 Å². The normalized spacial score (nSPS) is 11.1. The van der Waals surface area contributed by atoms with Crippen molar-refractivity contribution in [3.8, 4) is 0 Å². The Morgan fingerprint density at radius 2 is 1.69 bits per heavy atom. The molecule has 0 spiro atoms. The lowest BCUT2D eigenvalue weighted by Gasteiger charge is -1.96. The van der Waals surface area contributed by atoms with Gasteiger partial charge in [-0.3, -0.25) is 0 Å². The Morgan fingerprint density at radius 1 is 0.769 bits per heavy atom. The van der Waals surface area contributed by atoms with Crippen LogP contribution in [0, 0.1) is 0 Å². The van der Waals surface area contributed by atoms with E-state index in [2.05, 4.69) is 24.3 Å². The van der Waals surface area contributed by atoms with Gasteiger partial charge in [-0.15, -0.1) is 0 Å². The minimum atomic E-state index is 0.957. The second-order valence-corrected chi connectivity index (χ2v) is 3.12. The molecule has 0 aliphatic carbocycles. The molecule has 1 heterocycles. The lowest BCUT2D eigenvalue weighted by molar-refractivity contribution is 0.616. The Labute approximate surface area is 75.6 Å². The molecule has 0 unspecified atom stereocenters. The van der Waals surface area contributed by atoms with E-state index in [4.69, 9.17) is 4.42 Å². The summed E-state index contributed by atoms with van der Waals surface area (Å²) in [5.74, 6) is 0. The van der Waals surface area contributed by atoms with Crippen LogP contribution >= 0.6 is 0 Å². The van der Waals surface area contributed by atoms with Gasteiger partial charge in [0, 0.05) is 5.39 Å². The van der Waals surface area contributed by atoms with Crippen LogP contribution in [0.5, 0.6) is 0 Å². The van der Waals surface area contributed by atoms with Gasteiger partial charge in [-0.25, -0.2) is 0 Å². The van der Waals surface area contributed by atoms with Gasteiger partial charge in [-0.05, 0) is 22.9 Å². The molecule has 3 aromatic rings. The van der Waals surface area contributed by atoms with Gasteiger partial charge < -0.3 is 4.42 Å². The molecule has 0 atom stereocenters. The highest BCUT2D eigenvalue weighted by molar-refractivity contribution is 6.05. The van der Waals surface area contributed by atoms with Crippen LogP contribution in [-0.2, 0) is 0 Å². The van der Waals surface area contributed by atoms with Gasteiger partial charge >= 0.3 is 0 Å². The Bertz CT molecular complexity index is 563. The van der Waals surface area contributed by atoms with Gasteiger partial charge in [-0.2, -0.15) is 0 Å². The van der Waals surface area contributed by atoms with Crippen molar-refractivity contribution in [2.24, 2.45) is 0 Å². The van der Waals surface area contributed by atoms with Crippen molar-refractivity contribution in [1.29, 1.82) is 0 Å². The number of benzene rings is 2. The number of furan rings is 1. The molecule has 0 fully saturated rings. The molecular weight excluding hydrogens is 160 g/mol. The molecule has 0 saturated carbocycles. The van der Waals surface area contributed by atoms with Crippen LogP contribution < -0.4 is 0 Å². The third-order valence-electron chi connectivity index (χ3n) is 2.36. The van der Waals surface area contributed by atoms with Crippen LogP contribution in [0.25, 0.3) is 21.7 Å². The van der Waals surface area contributed by atoms with Crippen LogP contribution in [0.4, 0.5) is 0 Å². The number of hydrogen-bond acceptors (Lipinski definition) is 1. The molecule has 3 rings (SSSR count). The Morgan fingerprint density at radius 3 is 2.69 bits per heavy atom. The van der Waals surface area contributed by atoms with E-state index in [0.717, 1.165) is 5.58 Å². The largest absolute Gasteiger partial charge is 0.464 e. The predicted molar refractivity (Wildman–Crippen MR) is 53.7 cm³/mol. The predicted octanol–water partition coefficient (Wildman–Crippen LogP) is 3.59. The monoisotopic (exact) mass is 168 g/mol. The van der Waals surface area contributed by atoms with Gasteiger partial charge in [0.15, 0.2) is 0 Å².